The molecule has 3 heteroatoms. The van der Waals surface area contributed by atoms with Gasteiger partial charge in [-0.3, -0.25) is 4.90 Å². The Morgan fingerprint density at radius 1 is 1.25 bits per heavy atom. The lowest BCUT2D eigenvalue weighted by Gasteiger charge is -2.25. The molecule has 0 fully saturated rings. The van der Waals surface area contributed by atoms with E-state index in [2.05, 4.69) is 56.2 Å². The largest absolute Gasteiger partial charge is 0.497 e. The number of nitrogens with one attached hydrogen (secondary N) is 1. The summed E-state index contributed by atoms with van der Waals surface area (Å²) in [5.74, 6) is 0.935. The molecular weight excluding hydrogens is 248 g/mol. The molecule has 1 unspecified atom stereocenters. The molecule has 0 aliphatic carbocycles. The first-order valence-electron chi connectivity index (χ1n) is 7.59. The Labute approximate surface area is 124 Å². The van der Waals surface area contributed by atoms with Crippen molar-refractivity contribution < 1.29 is 4.74 Å². The van der Waals surface area contributed by atoms with Gasteiger partial charge in [-0.2, -0.15) is 0 Å². The maximum atomic E-state index is 5.27. The van der Waals surface area contributed by atoms with Gasteiger partial charge in [0.25, 0.3) is 0 Å². The number of ether oxygens (including phenoxy) is 1. The van der Waals surface area contributed by atoms with Crippen LogP contribution in [-0.2, 0) is 6.54 Å². The summed E-state index contributed by atoms with van der Waals surface area (Å²) in [6, 6.07) is 9.49. The number of hydrogen-bond acceptors (Lipinski definition) is 3. The van der Waals surface area contributed by atoms with Crippen LogP contribution in [0.4, 0.5) is 0 Å². The molecule has 0 aliphatic rings. The quantitative estimate of drug-likeness (QED) is 0.702. The molecular formula is C17H30N2O. The number of methoxy groups -OCH3 is 1. The van der Waals surface area contributed by atoms with E-state index in [1.807, 2.05) is 6.07 Å². The average Bonchev–Trinajstić information content (AvgIpc) is 2.43. The maximum absolute atomic E-state index is 5.27. The SMILES string of the molecule is COc1cccc(CN(C)C(C)CCCNC(C)C)c1. The molecule has 0 saturated heterocycles. The molecule has 0 aliphatic heterocycles. The van der Waals surface area contributed by atoms with Gasteiger partial charge in [-0.1, -0.05) is 26.0 Å². The van der Waals surface area contributed by atoms with Crippen molar-refractivity contribution in [2.45, 2.75) is 52.2 Å². The van der Waals surface area contributed by atoms with Crippen LogP contribution in [0.2, 0.25) is 0 Å². The molecule has 0 bridgehead atoms. The summed E-state index contributed by atoms with van der Waals surface area (Å²) in [4.78, 5) is 2.41. The lowest BCUT2D eigenvalue weighted by Crippen LogP contribution is -2.30. The van der Waals surface area contributed by atoms with Gasteiger partial charge >= 0.3 is 0 Å². The molecule has 0 spiro atoms. The Morgan fingerprint density at radius 3 is 2.65 bits per heavy atom. The van der Waals surface area contributed by atoms with E-state index in [9.17, 15) is 0 Å². The van der Waals surface area contributed by atoms with Gasteiger partial charge in [0, 0.05) is 18.6 Å². The van der Waals surface area contributed by atoms with Crippen LogP contribution in [0.1, 0.15) is 39.2 Å². The molecule has 1 rings (SSSR count). The zero-order valence-corrected chi connectivity index (χ0v) is 13.6. The van der Waals surface area contributed by atoms with Crippen molar-refractivity contribution in [1.29, 1.82) is 0 Å². The number of rotatable bonds is 9. The summed E-state index contributed by atoms with van der Waals surface area (Å²) in [5.41, 5.74) is 1.30. The molecule has 20 heavy (non-hydrogen) atoms. The topological polar surface area (TPSA) is 24.5 Å². The highest BCUT2D eigenvalue weighted by atomic mass is 16.5. The van der Waals surface area contributed by atoms with Gasteiger partial charge in [-0.25, -0.2) is 0 Å². The fourth-order valence-corrected chi connectivity index (χ4v) is 2.22. The number of benzene rings is 1. The Kier molecular flexibility index (Phi) is 7.63. The van der Waals surface area contributed by atoms with Gasteiger partial charge in [-0.05, 0) is 51.1 Å². The van der Waals surface area contributed by atoms with Crippen molar-refractivity contribution in [3.63, 3.8) is 0 Å². The van der Waals surface area contributed by atoms with Crippen LogP contribution < -0.4 is 10.1 Å². The predicted octanol–water partition coefficient (Wildman–Crippen LogP) is 3.29. The molecule has 0 amide bonds. The fourth-order valence-electron chi connectivity index (χ4n) is 2.22. The molecule has 1 aromatic rings. The Hall–Kier alpha value is -1.06. The molecule has 1 atom stereocenters. The van der Waals surface area contributed by atoms with Gasteiger partial charge in [0.15, 0.2) is 0 Å². The van der Waals surface area contributed by atoms with E-state index in [1.165, 1.54) is 18.4 Å². The monoisotopic (exact) mass is 278 g/mol. The van der Waals surface area contributed by atoms with Crippen molar-refractivity contribution in [2.24, 2.45) is 0 Å². The van der Waals surface area contributed by atoms with Gasteiger partial charge in [0.05, 0.1) is 7.11 Å². The van der Waals surface area contributed by atoms with Gasteiger partial charge in [0.1, 0.15) is 5.75 Å². The van der Waals surface area contributed by atoms with Crippen molar-refractivity contribution in [3.8, 4) is 5.75 Å². The standard InChI is InChI=1S/C17H30N2O/c1-14(2)18-11-7-8-15(3)19(4)13-16-9-6-10-17(12-16)20-5/h6,9-10,12,14-15,18H,7-8,11,13H2,1-5H3. The minimum atomic E-state index is 0.583. The van der Waals surface area contributed by atoms with Crippen LogP contribution in [0, 0.1) is 0 Å². The molecule has 0 heterocycles. The molecule has 1 N–H and O–H groups in total. The van der Waals surface area contributed by atoms with Crippen LogP contribution in [0.15, 0.2) is 24.3 Å². The molecule has 0 aromatic heterocycles. The second-order valence-corrected chi connectivity index (χ2v) is 5.87. The second kappa shape index (κ2) is 8.98. The first-order valence-corrected chi connectivity index (χ1v) is 7.59. The van der Waals surface area contributed by atoms with E-state index >= 15 is 0 Å². The van der Waals surface area contributed by atoms with Crippen LogP contribution in [-0.4, -0.2) is 37.7 Å². The molecule has 0 radical (unpaired) electrons. The predicted molar refractivity (Wildman–Crippen MR) is 86.3 cm³/mol. The van der Waals surface area contributed by atoms with E-state index in [-0.39, 0.29) is 0 Å². The van der Waals surface area contributed by atoms with Gasteiger partial charge < -0.3 is 10.1 Å². The first kappa shape index (κ1) is 17.0. The van der Waals surface area contributed by atoms with E-state index in [0.717, 1.165) is 18.8 Å². The third kappa shape index (κ3) is 6.40. The van der Waals surface area contributed by atoms with Crippen LogP contribution >= 0.6 is 0 Å². The van der Waals surface area contributed by atoms with Crippen LogP contribution in [0.3, 0.4) is 0 Å². The Bertz CT molecular complexity index is 379. The summed E-state index contributed by atoms with van der Waals surface area (Å²) in [7, 11) is 3.91. The smallest absolute Gasteiger partial charge is 0.119 e. The summed E-state index contributed by atoms with van der Waals surface area (Å²) in [6.45, 7) is 8.76. The lowest BCUT2D eigenvalue weighted by molar-refractivity contribution is 0.233. The average molecular weight is 278 g/mol. The van der Waals surface area contributed by atoms with E-state index < -0.39 is 0 Å². The fraction of sp³-hybridized carbons (Fsp3) is 0.647. The van der Waals surface area contributed by atoms with Crippen molar-refractivity contribution >= 4 is 0 Å². The number of nitrogens with zero attached hydrogens (tertiary/aromatic N) is 1. The Balaban J connectivity index is 2.35. The van der Waals surface area contributed by atoms with Gasteiger partial charge in [0.2, 0.25) is 0 Å². The Morgan fingerprint density at radius 2 is 2.00 bits per heavy atom. The molecule has 3 nitrogen and oxygen atoms in total. The summed E-state index contributed by atoms with van der Waals surface area (Å²) < 4.78 is 5.27. The third-order valence-corrected chi connectivity index (χ3v) is 3.67. The van der Waals surface area contributed by atoms with Crippen LogP contribution in [0.25, 0.3) is 0 Å². The molecule has 1 aromatic carbocycles. The van der Waals surface area contributed by atoms with Crippen molar-refractivity contribution in [1.82, 2.24) is 10.2 Å². The van der Waals surface area contributed by atoms with E-state index in [4.69, 9.17) is 4.74 Å². The zero-order chi connectivity index (χ0) is 15.0. The first-order chi connectivity index (χ1) is 9.52. The highest BCUT2D eigenvalue weighted by molar-refractivity contribution is 5.28. The second-order valence-electron chi connectivity index (χ2n) is 5.87. The summed E-state index contributed by atoms with van der Waals surface area (Å²) >= 11 is 0. The van der Waals surface area contributed by atoms with E-state index in [0.29, 0.717) is 12.1 Å². The molecule has 114 valence electrons. The molecule has 0 saturated carbocycles. The third-order valence-electron chi connectivity index (χ3n) is 3.67. The van der Waals surface area contributed by atoms with Crippen LogP contribution in [0.5, 0.6) is 5.75 Å². The van der Waals surface area contributed by atoms with Crippen molar-refractivity contribution in [2.75, 3.05) is 20.7 Å². The summed E-state index contributed by atoms with van der Waals surface area (Å²) in [5, 5.41) is 3.47. The van der Waals surface area contributed by atoms with Crippen molar-refractivity contribution in [3.05, 3.63) is 29.8 Å². The minimum absolute atomic E-state index is 0.583. The maximum Gasteiger partial charge on any atom is 0.119 e. The highest BCUT2D eigenvalue weighted by Crippen LogP contribution is 2.15. The van der Waals surface area contributed by atoms with Gasteiger partial charge in [-0.15, -0.1) is 0 Å². The number of hydrogen-bond donors (Lipinski definition) is 1. The van der Waals surface area contributed by atoms with E-state index in [1.54, 1.807) is 7.11 Å². The lowest BCUT2D eigenvalue weighted by atomic mass is 10.1. The normalized spacial score (nSPS) is 12.9. The minimum Gasteiger partial charge on any atom is -0.497 e. The highest BCUT2D eigenvalue weighted by Gasteiger charge is 2.09. The summed E-state index contributed by atoms with van der Waals surface area (Å²) in [6.07, 6.45) is 2.45. The zero-order valence-electron chi connectivity index (χ0n) is 13.6.